The van der Waals surface area contributed by atoms with E-state index in [9.17, 15) is 9.18 Å². The predicted molar refractivity (Wildman–Crippen MR) is 63.3 cm³/mol. The van der Waals surface area contributed by atoms with E-state index >= 15 is 0 Å². The van der Waals surface area contributed by atoms with Gasteiger partial charge in [-0.1, -0.05) is 25.4 Å². The average molecular weight is 247 g/mol. The van der Waals surface area contributed by atoms with Crippen LogP contribution >= 0.6 is 23.4 Å². The van der Waals surface area contributed by atoms with Crippen molar-refractivity contribution < 1.29 is 9.18 Å². The zero-order valence-corrected chi connectivity index (χ0v) is 10.2. The lowest BCUT2D eigenvalue weighted by Crippen LogP contribution is -2.06. The van der Waals surface area contributed by atoms with Crippen molar-refractivity contribution in [1.82, 2.24) is 0 Å². The molecule has 0 amide bonds. The molecule has 0 radical (unpaired) electrons. The number of ketones is 1. The number of Topliss-reactive ketones (excluding diaryl/α,β-unsaturated/α-hetero) is 1. The molecule has 1 rings (SSSR count). The Bertz CT molecular complexity index is 366. The minimum absolute atomic E-state index is 0.127. The highest BCUT2D eigenvalue weighted by molar-refractivity contribution is 8.00. The van der Waals surface area contributed by atoms with Crippen LogP contribution in [0.15, 0.2) is 18.2 Å². The summed E-state index contributed by atoms with van der Waals surface area (Å²) >= 11 is 7.33. The molecule has 0 fully saturated rings. The lowest BCUT2D eigenvalue weighted by atomic mass is 10.1. The summed E-state index contributed by atoms with van der Waals surface area (Å²) in [4.78, 5) is 11.7. The minimum atomic E-state index is -0.433. The van der Waals surface area contributed by atoms with Gasteiger partial charge in [0.25, 0.3) is 0 Å². The second-order valence-corrected chi connectivity index (χ2v) is 5.38. The highest BCUT2D eigenvalue weighted by Gasteiger charge is 2.12. The van der Waals surface area contributed by atoms with Crippen LogP contribution in [0.25, 0.3) is 0 Å². The number of halogens is 2. The fraction of sp³-hybridized carbons (Fsp3) is 0.364. The van der Waals surface area contributed by atoms with Gasteiger partial charge in [0, 0.05) is 5.56 Å². The molecule has 0 heterocycles. The lowest BCUT2D eigenvalue weighted by Gasteiger charge is -2.05. The fourth-order valence-corrected chi connectivity index (χ4v) is 1.89. The molecule has 0 aliphatic carbocycles. The molecule has 1 aromatic rings. The molecule has 1 aromatic carbocycles. The second-order valence-electron chi connectivity index (χ2n) is 3.41. The molecule has 0 aliphatic heterocycles. The third-order valence-electron chi connectivity index (χ3n) is 1.78. The van der Waals surface area contributed by atoms with Crippen molar-refractivity contribution in [3.05, 3.63) is 34.6 Å². The molecule has 0 aliphatic rings. The average Bonchev–Trinajstić information content (AvgIpc) is 2.18. The van der Waals surface area contributed by atoms with E-state index in [0.29, 0.717) is 16.0 Å². The Morgan fingerprint density at radius 2 is 2.20 bits per heavy atom. The van der Waals surface area contributed by atoms with Crippen molar-refractivity contribution in [2.24, 2.45) is 0 Å². The van der Waals surface area contributed by atoms with E-state index in [-0.39, 0.29) is 11.3 Å². The summed E-state index contributed by atoms with van der Waals surface area (Å²) in [6.45, 7) is 4.01. The van der Waals surface area contributed by atoms with Gasteiger partial charge in [0.1, 0.15) is 5.82 Å². The van der Waals surface area contributed by atoms with Gasteiger partial charge < -0.3 is 0 Å². The monoisotopic (exact) mass is 246 g/mol. The van der Waals surface area contributed by atoms with Crippen LogP contribution in [0.4, 0.5) is 4.39 Å². The van der Waals surface area contributed by atoms with Gasteiger partial charge in [0.05, 0.1) is 10.8 Å². The molecule has 0 spiro atoms. The first-order valence-electron chi connectivity index (χ1n) is 4.60. The summed E-state index contributed by atoms with van der Waals surface area (Å²) < 4.78 is 12.9. The number of hydrogen-bond donors (Lipinski definition) is 0. The molecule has 0 aromatic heterocycles. The van der Waals surface area contributed by atoms with Crippen molar-refractivity contribution in [1.29, 1.82) is 0 Å². The number of thioether (sulfide) groups is 1. The molecule has 0 unspecified atom stereocenters. The Balaban J connectivity index is 2.77. The molecule has 0 N–H and O–H groups in total. The van der Waals surface area contributed by atoms with E-state index in [0.717, 1.165) is 0 Å². The molecule has 1 nitrogen and oxygen atoms in total. The number of carbonyl (C=O) groups is 1. The third-order valence-corrected chi connectivity index (χ3v) is 3.20. The third kappa shape index (κ3) is 3.84. The molecule has 0 bridgehead atoms. The Kier molecular flexibility index (Phi) is 4.61. The molecule has 82 valence electrons. The largest absolute Gasteiger partial charge is 0.293 e. The molecule has 0 saturated heterocycles. The lowest BCUT2D eigenvalue weighted by molar-refractivity contribution is 0.102. The van der Waals surface area contributed by atoms with Gasteiger partial charge in [-0.3, -0.25) is 4.79 Å². The summed E-state index contributed by atoms with van der Waals surface area (Å²) in [6.07, 6.45) is 0. The van der Waals surface area contributed by atoms with Crippen LogP contribution in [-0.4, -0.2) is 16.8 Å². The number of hydrogen-bond acceptors (Lipinski definition) is 2. The first-order valence-corrected chi connectivity index (χ1v) is 6.03. The maximum atomic E-state index is 12.9. The van der Waals surface area contributed by atoms with Gasteiger partial charge in [-0.2, -0.15) is 11.8 Å². The van der Waals surface area contributed by atoms with Crippen LogP contribution in [0, 0.1) is 5.82 Å². The summed E-state index contributed by atoms with van der Waals surface area (Å²) in [5.41, 5.74) is 0.268. The zero-order valence-electron chi connectivity index (χ0n) is 8.59. The summed E-state index contributed by atoms with van der Waals surface area (Å²) in [6, 6.07) is 3.84. The van der Waals surface area contributed by atoms with Crippen molar-refractivity contribution in [2.45, 2.75) is 19.1 Å². The molecule has 0 atom stereocenters. The van der Waals surface area contributed by atoms with E-state index in [2.05, 4.69) is 0 Å². The van der Waals surface area contributed by atoms with Crippen molar-refractivity contribution in [3.8, 4) is 0 Å². The Labute approximate surface area is 98.0 Å². The van der Waals surface area contributed by atoms with Crippen LogP contribution in [0.2, 0.25) is 5.02 Å². The number of benzene rings is 1. The first-order chi connectivity index (χ1) is 7.00. The molecular weight excluding hydrogens is 235 g/mol. The van der Waals surface area contributed by atoms with Gasteiger partial charge in [-0.05, 0) is 23.4 Å². The van der Waals surface area contributed by atoms with E-state index in [1.165, 1.54) is 30.0 Å². The van der Waals surface area contributed by atoms with E-state index in [1.54, 1.807) is 0 Å². The van der Waals surface area contributed by atoms with Crippen LogP contribution in [0.5, 0.6) is 0 Å². The first kappa shape index (κ1) is 12.5. The van der Waals surface area contributed by atoms with Gasteiger partial charge in [-0.25, -0.2) is 4.39 Å². The van der Waals surface area contributed by atoms with Crippen molar-refractivity contribution in [3.63, 3.8) is 0 Å². The van der Waals surface area contributed by atoms with Gasteiger partial charge in [0.15, 0.2) is 5.78 Å². The quantitative estimate of drug-likeness (QED) is 0.752. The standard InChI is InChI=1S/C11H12ClFOS/c1-7(2)15-6-11(14)9-5-8(13)3-4-10(9)12/h3-5,7H,6H2,1-2H3. The van der Waals surface area contributed by atoms with Crippen molar-refractivity contribution >= 4 is 29.1 Å². The summed E-state index contributed by atoms with van der Waals surface area (Å²) in [7, 11) is 0. The van der Waals surface area contributed by atoms with Crippen molar-refractivity contribution in [2.75, 3.05) is 5.75 Å². The van der Waals surface area contributed by atoms with Gasteiger partial charge >= 0.3 is 0 Å². The highest BCUT2D eigenvalue weighted by Crippen LogP contribution is 2.20. The topological polar surface area (TPSA) is 17.1 Å². The smallest absolute Gasteiger partial charge is 0.174 e. The normalized spacial score (nSPS) is 10.7. The molecule has 4 heteroatoms. The Morgan fingerprint density at radius 1 is 1.53 bits per heavy atom. The summed E-state index contributed by atoms with van der Waals surface area (Å²) in [5.74, 6) is -0.226. The summed E-state index contributed by atoms with van der Waals surface area (Å²) in [5, 5.41) is 0.687. The molecule has 15 heavy (non-hydrogen) atoms. The Morgan fingerprint density at radius 3 is 2.80 bits per heavy atom. The van der Waals surface area contributed by atoms with Crippen LogP contribution in [-0.2, 0) is 0 Å². The predicted octanol–water partition coefficient (Wildman–Crippen LogP) is 3.80. The highest BCUT2D eigenvalue weighted by atomic mass is 35.5. The van der Waals surface area contributed by atoms with E-state index in [1.807, 2.05) is 13.8 Å². The number of carbonyl (C=O) groups excluding carboxylic acids is 1. The van der Waals surface area contributed by atoms with Gasteiger partial charge in [0.2, 0.25) is 0 Å². The minimum Gasteiger partial charge on any atom is -0.293 e. The number of rotatable bonds is 4. The molecular formula is C11H12ClFOS. The van der Waals surface area contributed by atoms with Crippen LogP contribution in [0.1, 0.15) is 24.2 Å². The van der Waals surface area contributed by atoms with Crippen LogP contribution in [0.3, 0.4) is 0 Å². The zero-order chi connectivity index (χ0) is 11.4. The van der Waals surface area contributed by atoms with Crippen LogP contribution < -0.4 is 0 Å². The van der Waals surface area contributed by atoms with E-state index in [4.69, 9.17) is 11.6 Å². The second kappa shape index (κ2) is 5.52. The Hall–Kier alpha value is -0.540. The fourth-order valence-electron chi connectivity index (χ4n) is 1.03. The van der Waals surface area contributed by atoms with Gasteiger partial charge in [-0.15, -0.1) is 0 Å². The SMILES string of the molecule is CC(C)SCC(=O)c1cc(F)ccc1Cl. The molecule has 0 saturated carbocycles. The maximum Gasteiger partial charge on any atom is 0.174 e. The van der Waals surface area contributed by atoms with E-state index < -0.39 is 5.82 Å². The maximum absolute atomic E-state index is 12.9.